The van der Waals surface area contributed by atoms with Crippen molar-refractivity contribution in [2.45, 2.75) is 58.2 Å². The van der Waals surface area contributed by atoms with Gasteiger partial charge in [0.25, 0.3) is 0 Å². The Labute approximate surface area is 159 Å². The number of aromatic nitrogens is 2. The first-order chi connectivity index (χ1) is 13.0. The Morgan fingerprint density at radius 1 is 1.07 bits per heavy atom. The van der Waals surface area contributed by atoms with Gasteiger partial charge in [0.1, 0.15) is 5.82 Å². The monoisotopic (exact) mass is 368 g/mol. The number of anilines is 1. The van der Waals surface area contributed by atoms with E-state index in [0.717, 1.165) is 48.7 Å². The number of aryl methyl sites for hydroxylation is 2. The number of halogens is 1. The molecule has 2 aromatic rings. The van der Waals surface area contributed by atoms with Gasteiger partial charge < -0.3 is 9.80 Å². The molecule has 142 valence electrons. The Balaban J connectivity index is 1.60. The zero-order valence-electron chi connectivity index (χ0n) is 15.9. The van der Waals surface area contributed by atoms with E-state index in [0.29, 0.717) is 13.0 Å². The maximum Gasteiger partial charge on any atom is 0.226 e. The van der Waals surface area contributed by atoms with E-state index >= 15 is 0 Å². The maximum absolute atomic E-state index is 13.2. The van der Waals surface area contributed by atoms with Crippen LogP contribution in [0.5, 0.6) is 0 Å². The van der Waals surface area contributed by atoms with Crippen molar-refractivity contribution in [3.8, 4) is 0 Å². The highest BCUT2D eigenvalue weighted by molar-refractivity contribution is 5.77. The number of carbonyl (C=O) groups is 1. The molecule has 1 amide bonds. The topological polar surface area (TPSA) is 49.3 Å². The fourth-order valence-corrected chi connectivity index (χ4v) is 4.42. The molecule has 2 saturated heterocycles. The van der Waals surface area contributed by atoms with Crippen LogP contribution in [-0.2, 0) is 11.3 Å². The average Bonchev–Trinajstić information content (AvgIpc) is 2.97. The first-order valence-electron chi connectivity index (χ1n) is 9.64. The fourth-order valence-electron chi connectivity index (χ4n) is 4.42. The third-order valence-electron chi connectivity index (χ3n) is 5.62. The Kier molecular flexibility index (Phi) is 4.81. The third kappa shape index (κ3) is 3.66. The number of fused-ring (bicyclic) bond motifs is 1. The van der Waals surface area contributed by atoms with Crippen molar-refractivity contribution >= 4 is 11.9 Å². The summed E-state index contributed by atoms with van der Waals surface area (Å²) >= 11 is 0. The Bertz CT molecular complexity index is 818. The van der Waals surface area contributed by atoms with E-state index in [1.165, 1.54) is 12.1 Å². The van der Waals surface area contributed by atoms with Crippen molar-refractivity contribution in [1.82, 2.24) is 14.9 Å². The predicted molar refractivity (Wildman–Crippen MR) is 102 cm³/mol. The second-order valence-corrected chi connectivity index (χ2v) is 7.61. The lowest BCUT2D eigenvalue weighted by Crippen LogP contribution is -2.46. The van der Waals surface area contributed by atoms with Crippen LogP contribution >= 0.6 is 0 Å². The molecule has 0 aliphatic carbocycles. The number of nitrogens with zero attached hydrogens (tertiary/aromatic N) is 4. The van der Waals surface area contributed by atoms with Gasteiger partial charge in [0.15, 0.2) is 0 Å². The van der Waals surface area contributed by atoms with Crippen LogP contribution in [0.1, 0.15) is 42.6 Å². The molecule has 0 unspecified atom stereocenters. The number of hydrogen-bond acceptors (Lipinski definition) is 4. The van der Waals surface area contributed by atoms with E-state index in [1.54, 1.807) is 12.1 Å². The number of benzene rings is 1. The molecule has 0 spiro atoms. The molecule has 3 heterocycles. The molecular weight excluding hydrogens is 343 g/mol. The zero-order valence-corrected chi connectivity index (χ0v) is 15.9. The van der Waals surface area contributed by atoms with Gasteiger partial charge in [-0.05, 0) is 56.9 Å². The molecule has 4 rings (SSSR count). The molecule has 6 heteroatoms. The lowest BCUT2D eigenvalue weighted by molar-refractivity contribution is -0.133. The van der Waals surface area contributed by atoms with Crippen LogP contribution in [0.2, 0.25) is 0 Å². The second-order valence-electron chi connectivity index (χ2n) is 7.61. The van der Waals surface area contributed by atoms with Gasteiger partial charge in [0, 0.05) is 30.9 Å². The fraction of sp³-hybridized carbons (Fsp3) is 0.476. The van der Waals surface area contributed by atoms with Crippen molar-refractivity contribution in [3.63, 3.8) is 0 Å². The molecular formula is C21H25FN4O. The lowest BCUT2D eigenvalue weighted by Gasteiger charge is -2.33. The van der Waals surface area contributed by atoms with Crippen molar-refractivity contribution in [2.24, 2.45) is 0 Å². The molecule has 5 nitrogen and oxygen atoms in total. The average molecular weight is 368 g/mol. The smallest absolute Gasteiger partial charge is 0.226 e. The normalized spacial score (nSPS) is 22.7. The summed E-state index contributed by atoms with van der Waals surface area (Å²) in [6.07, 6.45) is 3.32. The van der Waals surface area contributed by atoms with E-state index in [2.05, 4.69) is 14.9 Å². The van der Waals surface area contributed by atoms with Gasteiger partial charge in [-0.15, -0.1) is 0 Å². The molecule has 2 fully saturated rings. The highest BCUT2D eigenvalue weighted by Gasteiger charge is 2.42. The minimum atomic E-state index is -0.252. The minimum Gasteiger partial charge on any atom is -0.336 e. The summed E-state index contributed by atoms with van der Waals surface area (Å²) in [5.41, 5.74) is 2.90. The van der Waals surface area contributed by atoms with Gasteiger partial charge in [-0.2, -0.15) is 0 Å². The van der Waals surface area contributed by atoms with Crippen molar-refractivity contribution in [2.75, 3.05) is 11.4 Å². The summed E-state index contributed by atoms with van der Waals surface area (Å²) in [6, 6.07) is 8.81. The number of carbonyl (C=O) groups excluding carboxylic acids is 1. The molecule has 0 radical (unpaired) electrons. The van der Waals surface area contributed by atoms with Crippen molar-refractivity contribution < 1.29 is 9.18 Å². The van der Waals surface area contributed by atoms with Crippen molar-refractivity contribution in [3.05, 3.63) is 53.1 Å². The van der Waals surface area contributed by atoms with Gasteiger partial charge >= 0.3 is 0 Å². The second kappa shape index (κ2) is 7.25. The van der Waals surface area contributed by atoms with Crippen molar-refractivity contribution in [1.29, 1.82) is 0 Å². The SMILES string of the molecule is Cc1cc(C)nc(N2CC[C@@H]3[C@H]2CCCC(=O)N3Cc2ccc(F)cc2)n1. The molecule has 2 aliphatic rings. The van der Waals surface area contributed by atoms with E-state index < -0.39 is 0 Å². The number of hydrogen-bond donors (Lipinski definition) is 0. The molecule has 1 aromatic heterocycles. The standard InChI is InChI=1S/C21H25FN4O/c1-14-12-15(2)24-21(23-14)25-11-10-19-18(25)4-3-5-20(27)26(19)13-16-6-8-17(22)9-7-16/h6-9,12,18-19H,3-5,10-11,13H2,1-2H3/t18-,19-/m1/s1. The molecule has 2 atom stereocenters. The van der Waals surface area contributed by atoms with E-state index in [9.17, 15) is 9.18 Å². The highest BCUT2D eigenvalue weighted by Crippen LogP contribution is 2.33. The van der Waals surface area contributed by atoms with Crippen LogP contribution in [0.3, 0.4) is 0 Å². The number of rotatable bonds is 3. The van der Waals surface area contributed by atoms with E-state index in [4.69, 9.17) is 0 Å². The molecule has 0 N–H and O–H groups in total. The summed E-state index contributed by atoms with van der Waals surface area (Å²) in [7, 11) is 0. The van der Waals surface area contributed by atoms with Crippen LogP contribution in [0.15, 0.2) is 30.3 Å². The third-order valence-corrected chi connectivity index (χ3v) is 5.62. The minimum absolute atomic E-state index is 0.148. The van der Waals surface area contributed by atoms with Gasteiger partial charge in [-0.3, -0.25) is 4.79 Å². The van der Waals surface area contributed by atoms with Crippen LogP contribution < -0.4 is 4.90 Å². The number of amides is 1. The molecule has 0 bridgehead atoms. The van der Waals surface area contributed by atoms with Gasteiger partial charge in [0.2, 0.25) is 11.9 Å². The molecule has 0 saturated carbocycles. The summed E-state index contributed by atoms with van der Waals surface area (Å²) in [6.45, 7) is 5.36. The quantitative estimate of drug-likeness (QED) is 0.833. The van der Waals surface area contributed by atoms with Gasteiger partial charge in [0.05, 0.1) is 12.1 Å². The number of likely N-dealkylation sites (tertiary alicyclic amines) is 1. The summed E-state index contributed by atoms with van der Waals surface area (Å²) in [4.78, 5) is 26.3. The zero-order chi connectivity index (χ0) is 19.0. The Morgan fingerprint density at radius 2 is 1.78 bits per heavy atom. The van der Waals surface area contributed by atoms with Crippen LogP contribution in [0.25, 0.3) is 0 Å². The highest BCUT2D eigenvalue weighted by atomic mass is 19.1. The maximum atomic E-state index is 13.2. The molecule has 1 aromatic carbocycles. The predicted octanol–water partition coefficient (Wildman–Crippen LogP) is 3.39. The summed E-state index contributed by atoms with van der Waals surface area (Å²) in [5, 5.41) is 0. The Hall–Kier alpha value is -2.50. The summed E-state index contributed by atoms with van der Waals surface area (Å²) < 4.78 is 13.2. The van der Waals surface area contributed by atoms with E-state index in [-0.39, 0.29) is 23.8 Å². The first kappa shape index (κ1) is 17.9. The van der Waals surface area contributed by atoms with Crippen LogP contribution in [0.4, 0.5) is 10.3 Å². The largest absolute Gasteiger partial charge is 0.336 e. The van der Waals surface area contributed by atoms with Crippen LogP contribution in [0, 0.1) is 19.7 Å². The summed E-state index contributed by atoms with van der Waals surface area (Å²) in [5.74, 6) is 0.712. The first-order valence-corrected chi connectivity index (χ1v) is 9.64. The van der Waals surface area contributed by atoms with Gasteiger partial charge in [-0.1, -0.05) is 12.1 Å². The Morgan fingerprint density at radius 3 is 2.48 bits per heavy atom. The molecule has 27 heavy (non-hydrogen) atoms. The van der Waals surface area contributed by atoms with Gasteiger partial charge in [-0.25, -0.2) is 14.4 Å². The van der Waals surface area contributed by atoms with E-state index in [1.807, 2.05) is 24.8 Å². The lowest BCUT2D eigenvalue weighted by atomic mass is 10.0. The van der Waals surface area contributed by atoms with Crippen LogP contribution in [-0.4, -0.2) is 39.4 Å². The molecule has 2 aliphatic heterocycles.